The fraction of sp³-hybridized carbons (Fsp3) is 0.237. The van der Waals surface area contributed by atoms with E-state index in [1.807, 2.05) is 12.3 Å². The lowest BCUT2D eigenvalue weighted by Gasteiger charge is -2.61. The number of para-hydroxylation sites is 1. The molecular formula is C59H48N2O. The molecule has 3 nitrogen and oxygen atoms in total. The van der Waals surface area contributed by atoms with Crippen LogP contribution in [-0.2, 0) is 5.41 Å². The van der Waals surface area contributed by atoms with Gasteiger partial charge in [0.1, 0.15) is 11.2 Å². The third kappa shape index (κ3) is 4.59. The SMILES string of the molecule is Cc1cc2c3cc(C(C)C)c4cc(-c5ccccn5)ccc4c3n(-c3ccc4oc5ccccc5c4c3)c2c2c1C1(c3ccc(-c4ccccc4)cc3-2)C2CC3CC(C2)CC1C3. The van der Waals surface area contributed by atoms with Gasteiger partial charge in [-0.1, -0.05) is 92.7 Å². The molecule has 3 aromatic heterocycles. The first-order chi connectivity index (χ1) is 30.4. The summed E-state index contributed by atoms with van der Waals surface area (Å²) in [7, 11) is 0. The Kier molecular flexibility index (Phi) is 7.13. The van der Waals surface area contributed by atoms with E-state index in [9.17, 15) is 0 Å². The quantitative estimate of drug-likeness (QED) is 0.177. The Morgan fingerprint density at radius 2 is 1.32 bits per heavy atom. The summed E-state index contributed by atoms with van der Waals surface area (Å²) < 4.78 is 9.16. The van der Waals surface area contributed by atoms with Crippen LogP contribution in [0.1, 0.15) is 74.1 Å². The topological polar surface area (TPSA) is 31.0 Å². The lowest BCUT2D eigenvalue weighted by atomic mass is 9.43. The van der Waals surface area contributed by atoms with Crippen molar-refractivity contribution in [3.05, 3.63) is 168 Å². The molecule has 4 saturated carbocycles. The van der Waals surface area contributed by atoms with Crippen LogP contribution in [0, 0.1) is 30.6 Å². The van der Waals surface area contributed by atoms with Crippen LogP contribution in [0.4, 0.5) is 0 Å². The number of benzene rings is 7. The minimum absolute atomic E-state index is 0.0281. The third-order valence-electron chi connectivity index (χ3n) is 16.3. The van der Waals surface area contributed by atoms with Crippen molar-refractivity contribution in [2.45, 2.75) is 64.2 Å². The predicted octanol–water partition coefficient (Wildman–Crippen LogP) is 15.7. The third-order valence-corrected chi connectivity index (χ3v) is 16.3. The molecule has 0 aliphatic heterocycles. The predicted molar refractivity (Wildman–Crippen MR) is 256 cm³/mol. The van der Waals surface area contributed by atoms with Gasteiger partial charge in [-0.2, -0.15) is 0 Å². The molecule has 3 heterocycles. The average Bonchev–Trinajstić information content (AvgIpc) is 3.94. The maximum Gasteiger partial charge on any atom is 0.135 e. The van der Waals surface area contributed by atoms with E-state index in [1.54, 1.807) is 11.1 Å². The van der Waals surface area contributed by atoms with Crippen molar-refractivity contribution >= 4 is 54.5 Å². The van der Waals surface area contributed by atoms with Crippen LogP contribution < -0.4 is 0 Å². The highest BCUT2D eigenvalue weighted by atomic mass is 16.3. The number of aromatic nitrogens is 2. The Bertz CT molecular complexity index is 3490. The normalized spacial score (nSPS) is 22.3. The Morgan fingerprint density at radius 1 is 0.581 bits per heavy atom. The minimum atomic E-state index is 0.0281. The zero-order valence-electron chi connectivity index (χ0n) is 35.6. The Labute approximate surface area is 362 Å². The van der Waals surface area contributed by atoms with Gasteiger partial charge in [0.25, 0.3) is 0 Å². The second-order valence-electron chi connectivity index (χ2n) is 19.7. The summed E-state index contributed by atoms with van der Waals surface area (Å²) >= 11 is 0. The molecule has 3 heteroatoms. The maximum atomic E-state index is 6.47. The van der Waals surface area contributed by atoms with E-state index in [0.29, 0.717) is 17.8 Å². The number of furan rings is 1. The van der Waals surface area contributed by atoms with E-state index in [4.69, 9.17) is 9.40 Å². The fourth-order valence-electron chi connectivity index (χ4n) is 14.1. The number of pyridine rings is 1. The van der Waals surface area contributed by atoms with Gasteiger partial charge in [0.2, 0.25) is 0 Å². The van der Waals surface area contributed by atoms with Gasteiger partial charge in [-0.05, 0) is 174 Å². The summed E-state index contributed by atoms with van der Waals surface area (Å²) in [6, 6.07) is 52.6. The fourth-order valence-corrected chi connectivity index (χ4v) is 14.1. The molecule has 4 fully saturated rings. The molecule has 300 valence electrons. The lowest BCUT2D eigenvalue weighted by Crippen LogP contribution is -2.55. The van der Waals surface area contributed by atoms with Crippen LogP contribution in [0.3, 0.4) is 0 Å². The summed E-state index contributed by atoms with van der Waals surface area (Å²) in [4.78, 5) is 4.80. The van der Waals surface area contributed by atoms with Crippen LogP contribution in [0.15, 0.2) is 150 Å². The van der Waals surface area contributed by atoms with Gasteiger partial charge in [0.05, 0.1) is 16.7 Å². The smallest absolute Gasteiger partial charge is 0.135 e. The second kappa shape index (κ2) is 12.6. The highest BCUT2D eigenvalue weighted by Crippen LogP contribution is 2.71. The number of fused-ring (bicyclic) bond motifs is 12. The molecule has 0 atom stereocenters. The van der Waals surface area contributed by atoms with Crippen molar-refractivity contribution < 1.29 is 4.42 Å². The van der Waals surface area contributed by atoms with Gasteiger partial charge in [-0.15, -0.1) is 0 Å². The molecule has 0 saturated heterocycles. The first-order valence-electron chi connectivity index (χ1n) is 23.1. The Morgan fingerprint density at radius 3 is 2.11 bits per heavy atom. The summed E-state index contributed by atoms with van der Waals surface area (Å²) in [6.45, 7) is 7.17. The lowest BCUT2D eigenvalue weighted by molar-refractivity contribution is -0.0401. The molecule has 0 amide bonds. The molecule has 5 aliphatic carbocycles. The Hall–Kier alpha value is -6.45. The van der Waals surface area contributed by atoms with Crippen molar-refractivity contribution in [1.29, 1.82) is 0 Å². The van der Waals surface area contributed by atoms with Crippen LogP contribution in [-0.4, -0.2) is 9.55 Å². The average molecular weight is 801 g/mol. The molecule has 15 rings (SSSR count). The van der Waals surface area contributed by atoms with Crippen LogP contribution in [0.5, 0.6) is 0 Å². The van der Waals surface area contributed by atoms with Crippen molar-refractivity contribution in [2.75, 3.05) is 0 Å². The van der Waals surface area contributed by atoms with Crippen molar-refractivity contribution in [2.24, 2.45) is 23.7 Å². The van der Waals surface area contributed by atoms with Crippen LogP contribution in [0.25, 0.3) is 93.7 Å². The van der Waals surface area contributed by atoms with E-state index in [1.165, 1.54) is 104 Å². The maximum absolute atomic E-state index is 6.47. The highest BCUT2D eigenvalue weighted by Gasteiger charge is 2.62. The number of rotatable bonds is 4. The van der Waals surface area contributed by atoms with Gasteiger partial charge in [0, 0.05) is 55.4 Å². The summed E-state index contributed by atoms with van der Waals surface area (Å²) in [5.41, 5.74) is 19.4. The minimum Gasteiger partial charge on any atom is -0.456 e. The van der Waals surface area contributed by atoms with E-state index < -0.39 is 0 Å². The molecule has 0 N–H and O–H groups in total. The number of nitrogens with zero attached hydrogens (tertiary/aromatic N) is 2. The van der Waals surface area contributed by atoms with Gasteiger partial charge in [-0.3, -0.25) is 4.98 Å². The molecule has 4 bridgehead atoms. The molecule has 1 spiro atoms. The Balaban J connectivity index is 1.17. The summed E-state index contributed by atoms with van der Waals surface area (Å²) in [6.07, 6.45) is 8.78. The molecule has 5 aliphatic rings. The van der Waals surface area contributed by atoms with Crippen molar-refractivity contribution in [1.82, 2.24) is 9.55 Å². The van der Waals surface area contributed by atoms with E-state index in [-0.39, 0.29) is 5.41 Å². The first kappa shape index (κ1) is 35.2. The van der Waals surface area contributed by atoms with E-state index in [0.717, 1.165) is 45.0 Å². The van der Waals surface area contributed by atoms with Gasteiger partial charge >= 0.3 is 0 Å². The molecular weight excluding hydrogens is 753 g/mol. The first-order valence-corrected chi connectivity index (χ1v) is 23.1. The van der Waals surface area contributed by atoms with Crippen LogP contribution in [0.2, 0.25) is 0 Å². The van der Waals surface area contributed by atoms with Crippen molar-refractivity contribution in [3.8, 4) is 39.2 Å². The highest BCUT2D eigenvalue weighted by molar-refractivity contribution is 6.23. The van der Waals surface area contributed by atoms with E-state index in [2.05, 4.69) is 159 Å². The monoisotopic (exact) mass is 800 g/mol. The summed E-state index contributed by atoms with van der Waals surface area (Å²) in [5, 5.41) is 7.57. The van der Waals surface area contributed by atoms with Crippen LogP contribution >= 0.6 is 0 Å². The standard InChI is InChI=1S/C59H48N2O/c1-33(2)45-32-49-48-23-34(3)56-55(50-29-38(37-11-5-4-6-12-37)17-20-51(50)59(56)40-25-35-24-36(27-40)28-41(59)26-35)58(48)61(42-18-21-54-47(31-42)43-13-7-8-15-53(43)62-54)57(49)44-19-16-39(30-46(44)45)52-14-9-10-22-60-52/h4-23,29-33,35-36,40-41H,24-28H2,1-3H3. The number of hydrogen-bond acceptors (Lipinski definition) is 2. The molecule has 0 unspecified atom stereocenters. The second-order valence-corrected chi connectivity index (χ2v) is 19.7. The number of aryl methyl sites for hydroxylation is 1. The van der Waals surface area contributed by atoms with Crippen molar-refractivity contribution in [3.63, 3.8) is 0 Å². The molecule has 0 radical (unpaired) electrons. The van der Waals surface area contributed by atoms with Gasteiger partial charge < -0.3 is 8.98 Å². The zero-order valence-corrected chi connectivity index (χ0v) is 35.6. The van der Waals surface area contributed by atoms with Gasteiger partial charge in [-0.25, -0.2) is 0 Å². The molecule has 62 heavy (non-hydrogen) atoms. The summed E-state index contributed by atoms with van der Waals surface area (Å²) in [5.74, 6) is 3.42. The molecule has 7 aromatic carbocycles. The zero-order chi connectivity index (χ0) is 41.0. The number of hydrogen-bond donors (Lipinski definition) is 0. The van der Waals surface area contributed by atoms with Gasteiger partial charge in [0.15, 0.2) is 0 Å². The largest absolute Gasteiger partial charge is 0.456 e. The molecule has 10 aromatic rings. The van der Waals surface area contributed by atoms with E-state index >= 15 is 0 Å².